The topological polar surface area (TPSA) is 110 Å². The second-order valence-corrected chi connectivity index (χ2v) is 9.21. The van der Waals surface area contributed by atoms with Crippen LogP contribution in [0.2, 0.25) is 0 Å². The monoisotopic (exact) mass is 533 g/mol. The van der Waals surface area contributed by atoms with Crippen molar-refractivity contribution in [3.8, 4) is 0 Å². The van der Waals surface area contributed by atoms with Crippen LogP contribution in [0.4, 0.5) is 0 Å². The number of aliphatic hydroxyl groups excluding tert-OH is 3. The van der Waals surface area contributed by atoms with E-state index in [1.807, 2.05) is 30.3 Å². The first-order valence-electron chi connectivity index (χ1n) is 13.4. The Labute approximate surface area is 225 Å². The molecule has 3 atom stereocenters. The SMILES string of the molecule is OCc1ccc(C(O)C(c2ccccc2)C(O)CN2CCOCCOCCOCCOCCOCC2)cc1. The number of hydrogen-bond donors (Lipinski definition) is 3. The van der Waals surface area contributed by atoms with Gasteiger partial charge in [0.25, 0.3) is 0 Å². The van der Waals surface area contributed by atoms with Gasteiger partial charge in [-0.25, -0.2) is 0 Å². The van der Waals surface area contributed by atoms with Gasteiger partial charge >= 0.3 is 0 Å². The number of aliphatic hydroxyl groups is 3. The third-order valence-electron chi connectivity index (χ3n) is 6.48. The smallest absolute Gasteiger partial charge is 0.0883 e. The molecule has 1 saturated heterocycles. The molecule has 1 fully saturated rings. The van der Waals surface area contributed by atoms with Crippen LogP contribution in [0.5, 0.6) is 0 Å². The normalized spacial score (nSPS) is 20.6. The van der Waals surface area contributed by atoms with Crippen LogP contribution in [0.1, 0.15) is 28.7 Å². The molecule has 212 valence electrons. The van der Waals surface area contributed by atoms with E-state index in [4.69, 9.17) is 23.7 Å². The summed E-state index contributed by atoms with van der Waals surface area (Å²) in [6, 6.07) is 16.8. The van der Waals surface area contributed by atoms with E-state index in [-0.39, 0.29) is 6.61 Å². The molecule has 1 aliphatic rings. The fourth-order valence-corrected chi connectivity index (χ4v) is 4.36. The third kappa shape index (κ3) is 11.1. The maximum atomic E-state index is 11.5. The van der Waals surface area contributed by atoms with Gasteiger partial charge in [0.15, 0.2) is 0 Å². The number of nitrogens with zero attached hydrogens (tertiary/aromatic N) is 1. The zero-order valence-corrected chi connectivity index (χ0v) is 22.2. The fraction of sp³-hybridized carbons (Fsp3) is 0.586. The summed E-state index contributed by atoms with van der Waals surface area (Å²) in [5, 5.41) is 32.2. The van der Waals surface area contributed by atoms with Gasteiger partial charge in [-0.15, -0.1) is 0 Å². The maximum Gasteiger partial charge on any atom is 0.0883 e. The Morgan fingerprint density at radius 3 is 1.55 bits per heavy atom. The van der Waals surface area contributed by atoms with Crippen LogP contribution >= 0.6 is 0 Å². The van der Waals surface area contributed by atoms with E-state index in [9.17, 15) is 15.3 Å². The number of rotatable bonds is 7. The van der Waals surface area contributed by atoms with Gasteiger partial charge < -0.3 is 39.0 Å². The van der Waals surface area contributed by atoms with Crippen molar-refractivity contribution in [1.29, 1.82) is 0 Å². The molecule has 0 saturated carbocycles. The summed E-state index contributed by atoms with van der Waals surface area (Å²) in [4.78, 5) is 2.10. The summed E-state index contributed by atoms with van der Waals surface area (Å²) in [7, 11) is 0. The molecule has 3 unspecified atom stereocenters. The predicted molar refractivity (Wildman–Crippen MR) is 143 cm³/mol. The third-order valence-corrected chi connectivity index (χ3v) is 6.48. The van der Waals surface area contributed by atoms with Gasteiger partial charge in [0, 0.05) is 25.6 Å². The Hall–Kier alpha value is -1.92. The molecule has 1 heterocycles. The van der Waals surface area contributed by atoms with Gasteiger partial charge in [-0.1, -0.05) is 54.6 Å². The molecule has 9 heteroatoms. The summed E-state index contributed by atoms with van der Waals surface area (Å²) >= 11 is 0. The van der Waals surface area contributed by atoms with E-state index >= 15 is 0 Å². The van der Waals surface area contributed by atoms with E-state index in [2.05, 4.69) is 4.90 Å². The average molecular weight is 534 g/mol. The average Bonchev–Trinajstić information content (AvgIpc) is 2.94. The molecule has 38 heavy (non-hydrogen) atoms. The molecule has 0 amide bonds. The van der Waals surface area contributed by atoms with Crippen LogP contribution in [-0.4, -0.2) is 112 Å². The second-order valence-electron chi connectivity index (χ2n) is 9.21. The van der Waals surface area contributed by atoms with E-state index in [1.54, 1.807) is 24.3 Å². The van der Waals surface area contributed by atoms with Crippen LogP contribution in [0.15, 0.2) is 54.6 Å². The fourth-order valence-electron chi connectivity index (χ4n) is 4.36. The molecule has 2 aromatic rings. The molecule has 1 aliphatic heterocycles. The Kier molecular flexibility index (Phi) is 14.8. The Morgan fingerprint density at radius 1 is 0.605 bits per heavy atom. The van der Waals surface area contributed by atoms with Crippen LogP contribution in [0, 0.1) is 0 Å². The first kappa shape index (κ1) is 30.6. The van der Waals surface area contributed by atoms with Gasteiger partial charge in [-0.3, -0.25) is 4.90 Å². The lowest BCUT2D eigenvalue weighted by molar-refractivity contribution is -0.0240. The first-order valence-corrected chi connectivity index (χ1v) is 13.4. The van der Waals surface area contributed by atoms with Crippen molar-refractivity contribution in [2.24, 2.45) is 0 Å². The molecule has 9 nitrogen and oxygen atoms in total. The quantitative estimate of drug-likeness (QED) is 0.490. The highest BCUT2D eigenvalue weighted by atomic mass is 16.6. The minimum atomic E-state index is -0.925. The molecule has 3 rings (SSSR count). The van der Waals surface area contributed by atoms with E-state index in [0.717, 1.165) is 11.1 Å². The lowest BCUT2D eigenvalue weighted by Crippen LogP contribution is -2.41. The van der Waals surface area contributed by atoms with Gasteiger partial charge in [-0.05, 0) is 16.7 Å². The number of ether oxygens (including phenoxy) is 5. The summed E-state index contributed by atoms with van der Waals surface area (Å²) in [5.41, 5.74) is 2.31. The molecule has 3 N–H and O–H groups in total. The summed E-state index contributed by atoms with van der Waals surface area (Å²) in [5.74, 6) is -0.546. The first-order chi connectivity index (χ1) is 18.7. The van der Waals surface area contributed by atoms with Crippen molar-refractivity contribution in [2.45, 2.75) is 24.7 Å². The maximum absolute atomic E-state index is 11.5. The Morgan fingerprint density at radius 2 is 1.08 bits per heavy atom. The van der Waals surface area contributed by atoms with Crippen molar-refractivity contribution in [3.05, 3.63) is 71.3 Å². The highest BCUT2D eigenvalue weighted by molar-refractivity contribution is 5.30. The Balaban J connectivity index is 1.65. The van der Waals surface area contributed by atoms with E-state index in [0.29, 0.717) is 91.3 Å². The molecule has 0 aromatic heterocycles. The van der Waals surface area contributed by atoms with Crippen molar-refractivity contribution >= 4 is 0 Å². The number of benzene rings is 2. The van der Waals surface area contributed by atoms with Crippen molar-refractivity contribution in [3.63, 3.8) is 0 Å². The minimum absolute atomic E-state index is 0.0626. The predicted octanol–water partition coefficient (Wildman–Crippen LogP) is 1.76. The van der Waals surface area contributed by atoms with Crippen LogP contribution < -0.4 is 0 Å². The largest absolute Gasteiger partial charge is 0.392 e. The molecular formula is C29H43NO8. The minimum Gasteiger partial charge on any atom is -0.392 e. The van der Waals surface area contributed by atoms with Crippen molar-refractivity contribution in [2.75, 3.05) is 85.7 Å². The summed E-state index contributed by atoms with van der Waals surface area (Å²) in [6.45, 7) is 6.43. The number of β-amino-alcohol motifs (C(OH)–C–C–N with tert-alkyl or cyclic N) is 1. The summed E-state index contributed by atoms with van der Waals surface area (Å²) in [6.07, 6.45) is -1.78. The summed E-state index contributed by atoms with van der Waals surface area (Å²) < 4.78 is 28.0. The molecular weight excluding hydrogens is 490 g/mol. The second kappa shape index (κ2) is 18.4. The van der Waals surface area contributed by atoms with E-state index < -0.39 is 18.1 Å². The Bertz CT molecular complexity index is 835. The highest BCUT2D eigenvalue weighted by Crippen LogP contribution is 2.34. The molecule has 0 bridgehead atoms. The van der Waals surface area contributed by atoms with Crippen LogP contribution in [0.25, 0.3) is 0 Å². The standard InChI is InChI=1S/C29H43NO8/c31-23-24-6-8-26(9-7-24)29(33)28(25-4-2-1-3-5-25)27(32)22-30-10-12-34-14-16-36-18-20-38-21-19-37-17-15-35-13-11-30/h1-9,27-29,31-33H,10-23H2. The lowest BCUT2D eigenvalue weighted by atomic mass is 9.84. The van der Waals surface area contributed by atoms with Crippen LogP contribution in [0.3, 0.4) is 0 Å². The molecule has 0 spiro atoms. The van der Waals surface area contributed by atoms with Gasteiger partial charge in [-0.2, -0.15) is 0 Å². The zero-order valence-electron chi connectivity index (χ0n) is 22.2. The lowest BCUT2D eigenvalue weighted by Gasteiger charge is -2.32. The highest BCUT2D eigenvalue weighted by Gasteiger charge is 2.31. The zero-order chi connectivity index (χ0) is 26.8. The van der Waals surface area contributed by atoms with Crippen molar-refractivity contribution in [1.82, 2.24) is 4.90 Å². The van der Waals surface area contributed by atoms with Gasteiger partial charge in [0.2, 0.25) is 0 Å². The van der Waals surface area contributed by atoms with Crippen molar-refractivity contribution < 1.29 is 39.0 Å². The van der Waals surface area contributed by atoms with Crippen LogP contribution in [-0.2, 0) is 30.3 Å². The molecule has 0 aliphatic carbocycles. The molecule has 0 radical (unpaired) electrons. The number of hydrogen-bond acceptors (Lipinski definition) is 9. The molecule has 2 aromatic carbocycles. The van der Waals surface area contributed by atoms with E-state index in [1.165, 1.54) is 0 Å². The van der Waals surface area contributed by atoms with Gasteiger partial charge in [0.05, 0.1) is 84.9 Å². The van der Waals surface area contributed by atoms with Gasteiger partial charge in [0.1, 0.15) is 0 Å².